The molecule has 17 heavy (non-hydrogen) atoms. The number of halogens is 2. The number of esters is 1. The van der Waals surface area contributed by atoms with Crippen LogP contribution in [0.5, 0.6) is 0 Å². The van der Waals surface area contributed by atoms with Crippen molar-refractivity contribution < 1.29 is 18.3 Å². The molecule has 0 saturated heterocycles. The van der Waals surface area contributed by atoms with Crippen molar-refractivity contribution >= 4 is 5.97 Å². The van der Waals surface area contributed by atoms with Gasteiger partial charge >= 0.3 is 5.97 Å². The topological polar surface area (TPSA) is 38.3 Å². The van der Waals surface area contributed by atoms with Gasteiger partial charge in [0.2, 0.25) is 0 Å². The minimum Gasteiger partial charge on any atom is -0.468 e. The van der Waals surface area contributed by atoms with Gasteiger partial charge in [-0.3, -0.25) is 10.1 Å². The molecule has 0 amide bonds. The SMILES string of the molecule is COC(=O)[C@@H](C)NC(C)c1cc(F)ccc1F. The fraction of sp³-hybridized carbons (Fsp3) is 0.417. The van der Waals surface area contributed by atoms with E-state index < -0.39 is 29.7 Å². The standard InChI is InChI=1S/C12H15F2NO2/c1-7(15-8(2)12(16)17-3)10-6-9(13)4-5-11(10)14/h4-8,15H,1-3H3/t7?,8-/m1/s1. The first-order chi connectivity index (χ1) is 7.95. The van der Waals surface area contributed by atoms with Crippen molar-refractivity contribution in [2.45, 2.75) is 25.9 Å². The Morgan fingerprint density at radius 3 is 2.59 bits per heavy atom. The van der Waals surface area contributed by atoms with E-state index >= 15 is 0 Å². The highest BCUT2D eigenvalue weighted by atomic mass is 19.1. The predicted octanol–water partition coefficient (Wildman–Crippen LogP) is 2.18. The van der Waals surface area contributed by atoms with Crippen molar-refractivity contribution in [3.8, 4) is 0 Å². The molecule has 1 aromatic rings. The summed E-state index contributed by atoms with van der Waals surface area (Å²) in [5, 5.41) is 2.83. The third-order valence-corrected chi connectivity index (χ3v) is 2.48. The van der Waals surface area contributed by atoms with E-state index in [1.807, 2.05) is 0 Å². The van der Waals surface area contributed by atoms with Crippen LogP contribution in [0.15, 0.2) is 18.2 Å². The van der Waals surface area contributed by atoms with Crippen molar-refractivity contribution in [2.75, 3.05) is 7.11 Å². The summed E-state index contributed by atoms with van der Waals surface area (Å²) in [6, 6.07) is 2.15. The summed E-state index contributed by atoms with van der Waals surface area (Å²) in [7, 11) is 1.27. The Morgan fingerprint density at radius 1 is 1.35 bits per heavy atom. The van der Waals surface area contributed by atoms with Crippen LogP contribution in [0.2, 0.25) is 0 Å². The Hall–Kier alpha value is -1.49. The number of methoxy groups -OCH3 is 1. The minimum atomic E-state index is -0.585. The van der Waals surface area contributed by atoms with E-state index in [0.29, 0.717) is 0 Å². The number of carbonyl (C=O) groups is 1. The third kappa shape index (κ3) is 3.49. The van der Waals surface area contributed by atoms with Gasteiger partial charge < -0.3 is 4.74 Å². The molecule has 0 saturated carbocycles. The molecule has 0 spiro atoms. The Balaban J connectivity index is 2.79. The summed E-state index contributed by atoms with van der Waals surface area (Å²) in [6.07, 6.45) is 0. The summed E-state index contributed by atoms with van der Waals surface area (Å²) in [5.74, 6) is -1.47. The van der Waals surface area contributed by atoms with E-state index in [1.165, 1.54) is 7.11 Å². The second-order valence-electron chi connectivity index (χ2n) is 3.80. The maximum absolute atomic E-state index is 13.4. The van der Waals surface area contributed by atoms with Gasteiger partial charge in [-0.2, -0.15) is 0 Å². The number of rotatable bonds is 4. The number of ether oxygens (including phenoxy) is 1. The van der Waals surface area contributed by atoms with E-state index in [1.54, 1.807) is 13.8 Å². The highest BCUT2D eigenvalue weighted by Gasteiger charge is 2.18. The molecule has 5 heteroatoms. The van der Waals surface area contributed by atoms with Gasteiger partial charge in [0.1, 0.15) is 17.7 Å². The fourth-order valence-electron chi connectivity index (χ4n) is 1.56. The number of nitrogens with one attached hydrogen (secondary N) is 1. The minimum absolute atomic E-state index is 0.181. The van der Waals surface area contributed by atoms with E-state index in [9.17, 15) is 13.6 Å². The molecule has 0 aliphatic rings. The maximum Gasteiger partial charge on any atom is 0.322 e. The monoisotopic (exact) mass is 243 g/mol. The highest BCUT2D eigenvalue weighted by Crippen LogP contribution is 2.18. The molecular weight excluding hydrogens is 228 g/mol. The molecule has 0 bridgehead atoms. The second kappa shape index (κ2) is 5.72. The average molecular weight is 243 g/mol. The van der Waals surface area contributed by atoms with Crippen LogP contribution in [-0.2, 0) is 9.53 Å². The quantitative estimate of drug-likeness (QED) is 0.824. The van der Waals surface area contributed by atoms with E-state index in [2.05, 4.69) is 10.1 Å². The van der Waals surface area contributed by atoms with Crippen LogP contribution in [-0.4, -0.2) is 19.1 Å². The van der Waals surface area contributed by atoms with Gasteiger partial charge in [0.25, 0.3) is 0 Å². The van der Waals surface area contributed by atoms with Gasteiger partial charge in [-0.1, -0.05) is 0 Å². The lowest BCUT2D eigenvalue weighted by Gasteiger charge is -2.19. The normalized spacial score (nSPS) is 14.2. The lowest BCUT2D eigenvalue weighted by Crippen LogP contribution is -2.36. The maximum atomic E-state index is 13.4. The first-order valence-corrected chi connectivity index (χ1v) is 5.24. The molecule has 0 aromatic heterocycles. The predicted molar refractivity (Wildman–Crippen MR) is 59.4 cm³/mol. The van der Waals surface area contributed by atoms with Crippen LogP contribution in [0.4, 0.5) is 8.78 Å². The average Bonchev–Trinajstić information content (AvgIpc) is 2.30. The summed E-state index contributed by atoms with van der Waals surface area (Å²) < 4.78 is 30.9. The lowest BCUT2D eigenvalue weighted by molar-refractivity contribution is -0.142. The molecule has 0 radical (unpaired) electrons. The molecule has 0 fully saturated rings. The second-order valence-corrected chi connectivity index (χ2v) is 3.80. The van der Waals surface area contributed by atoms with Crippen molar-refractivity contribution in [1.29, 1.82) is 0 Å². The van der Waals surface area contributed by atoms with E-state index in [-0.39, 0.29) is 5.56 Å². The van der Waals surface area contributed by atoms with Gasteiger partial charge in [-0.15, -0.1) is 0 Å². The third-order valence-electron chi connectivity index (χ3n) is 2.48. The molecule has 3 nitrogen and oxygen atoms in total. The summed E-state index contributed by atoms with van der Waals surface area (Å²) in [6.45, 7) is 3.25. The van der Waals surface area contributed by atoms with Gasteiger partial charge in [0, 0.05) is 11.6 Å². The van der Waals surface area contributed by atoms with Crippen LogP contribution in [0.25, 0.3) is 0 Å². The fourth-order valence-corrected chi connectivity index (χ4v) is 1.56. The first-order valence-electron chi connectivity index (χ1n) is 5.24. The molecule has 0 heterocycles. The van der Waals surface area contributed by atoms with Crippen molar-refractivity contribution in [3.63, 3.8) is 0 Å². The zero-order valence-corrected chi connectivity index (χ0v) is 9.96. The molecule has 1 aromatic carbocycles. The van der Waals surface area contributed by atoms with Crippen LogP contribution in [0.3, 0.4) is 0 Å². The van der Waals surface area contributed by atoms with Gasteiger partial charge in [0.05, 0.1) is 7.11 Å². The van der Waals surface area contributed by atoms with Crippen LogP contribution >= 0.6 is 0 Å². The number of hydrogen-bond acceptors (Lipinski definition) is 3. The molecule has 0 aliphatic heterocycles. The van der Waals surface area contributed by atoms with Crippen molar-refractivity contribution in [3.05, 3.63) is 35.4 Å². The molecule has 1 unspecified atom stereocenters. The lowest BCUT2D eigenvalue weighted by atomic mass is 10.1. The zero-order valence-electron chi connectivity index (χ0n) is 9.96. The first kappa shape index (κ1) is 13.6. The Kier molecular flexibility index (Phi) is 4.57. The molecule has 1 rings (SSSR count). The summed E-state index contributed by atoms with van der Waals surface area (Å²) >= 11 is 0. The van der Waals surface area contributed by atoms with Crippen molar-refractivity contribution in [2.24, 2.45) is 0 Å². The van der Waals surface area contributed by atoms with Crippen LogP contribution < -0.4 is 5.32 Å². The van der Waals surface area contributed by atoms with Gasteiger partial charge in [-0.05, 0) is 32.0 Å². The van der Waals surface area contributed by atoms with Gasteiger partial charge in [0.15, 0.2) is 0 Å². The molecular formula is C12H15F2NO2. The number of carbonyl (C=O) groups excluding carboxylic acids is 1. The zero-order chi connectivity index (χ0) is 13.0. The van der Waals surface area contributed by atoms with Gasteiger partial charge in [-0.25, -0.2) is 8.78 Å². The Morgan fingerprint density at radius 2 is 2.00 bits per heavy atom. The Labute approximate surface area is 98.8 Å². The molecule has 0 aliphatic carbocycles. The Bertz CT molecular complexity index is 409. The van der Waals surface area contributed by atoms with Crippen LogP contribution in [0.1, 0.15) is 25.5 Å². The van der Waals surface area contributed by atoms with Crippen molar-refractivity contribution in [1.82, 2.24) is 5.32 Å². The summed E-state index contributed by atoms with van der Waals surface area (Å²) in [4.78, 5) is 11.2. The summed E-state index contributed by atoms with van der Waals surface area (Å²) in [5.41, 5.74) is 0.181. The number of hydrogen-bond donors (Lipinski definition) is 1. The van der Waals surface area contributed by atoms with Crippen LogP contribution in [0, 0.1) is 11.6 Å². The molecule has 2 atom stereocenters. The van der Waals surface area contributed by atoms with E-state index in [0.717, 1.165) is 18.2 Å². The molecule has 1 N–H and O–H groups in total. The largest absolute Gasteiger partial charge is 0.468 e. The smallest absolute Gasteiger partial charge is 0.322 e. The highest BCUT2D eigenvalue weighted by molar-refractivity contribution is 5.75. The molecule has 94 valence electrons. The van der Waals surface area contributed by atoms with E-state index in [4.69, 9.17) is 0 Å². The number of benzene rings is 1.